The first-order valence-corrected chi connectivity index (χ1v) is 8.65. The molecule has 2 aromatic rings. The normalized spacial score (nSPS) is 20.0. The Morgan fingerprint density at radius 2 is 1.95 bits per heavy atom. The van der Waals surface area contributed by atoms with E-state index in [1.54, 1.807) is 4.31 Å². The quantitative estimate of drug-likeness (QED) is 0.906. The van der Waals surface area contributed by atoms with Crippen molar-refractivity contribution in [1.82, 2.24) is 14.2 Å². The molecule has 122 valence electrons. The lowest BCUT2D eigenvalue weighted by Gasteiger charge is -2.32. The Bertz CT molecular complexity index is 785. The number of aromatic nitrogens is 1. The summed E-state index contributed by atoms with van der Waals surface area (Å²) in [6.07, 6.45) is 0. The van der Waals surface area contributed by atoms with Crippen molar-refractivity contribution >= 4 is 33.3 Å². The number of nitrogens with zero attached hydrogens (tertiary/aromatic N) is 2. The number of para-hydroxylation sites is 1. The van der Waals surface area contributed by atoms with Crippen molar-refractivity contribution in [3.05, 3.63) is 30.0 Å². The summed E-state index contributed by atoms with van der Waals surface area (Å²) < 4.78 is 29.8. The highest BCUT2D eigenvalue weighted by Crippen LogP contribution is 2.32. The molecule has 3 rings (SSSR count). The van der Waals surface area contributed by atoms with E-state index in [2.05, 4.69) is 5.32 Å². The average Bonchev–Trinajstić information content (AvgIpc) is 2.72. The first kappa shape index (κ1) is 17.3. The van der Waals surface area contributed by atoms with Gasteiger partial charge in [0, 0.05) is 49.3 Å². The second kappa shape index (κ2) is 6.20. The van der Waals surface area contributed by atoms with Gasteiger partial charge >= 0.3 is 0 Å². The van der Waals surface area contributed by atoms with Crippen molar-refractivity contribution in [2.24, 2.45) is 7.05 Å². The van der Waals surface area contributed by atoms with Crippen LogP contribution in [0.2, 0.25) is 0 Å². The number of piperazine rings is 1. The highest BCUT2D eigenvalue weighted by molar-refractivity contribution is 7.89. The zero-order valence-corrected chi connectivity index (χ0v) is 14.7. The molecule has 1 aromatic heterocycles. The third kappa shape index (κ3) is 2.54. The van der Waals surface area contributed by atoms with Crippen molar-refractivity contribution in [2.75, 3.05) is 19.6 Å². The molecule has 0 radical (unpaired) electrons. The zero-order valence-electron chi connectivity index (χ0n) is 13.0. The Morgan fingerprint density at radius 1 is 1.27 bits per heavy atom. The smallest absolute Gasteiger partial charge is 0.245 e. The van der Waals surface area contributed by atoms with Crippen LogP contribution >= 0.6 is 12.4 Å². The maximum Gasteiger partial charge on any atom is 0.245 e. The van der Waals surface area contributed by atoms with Gasteiger partial charge in [-0.1, -0.05) is 18.2 Å². The Kier molecular flexibility index (Phi) is 4.87. The number of nitrogens with one attached hydrogen (secondary N) is 1. The van der Waals surface area contributed by atoms with Crippen molar-refractivity contribution in [3.8, 4) is 0 Å². The molecule has 7 heteroatoms. The standard InChI is InChI=1S/C15H21N3O2S.ClH/c1-11-10-16-8-9-18(11)21(19,20)15-12(2)17(3)14-7-5-4-6-13(14)15;/h4-7,11,16H,8-10H2,1-3H3;1H. The van der Waals surface area contributed by atoms with Crippen LogP contribution in [0.5, 0.6) is 0 Å². The van der Waals surface area contributed by atoms with Crippen LogP contribution in [-0.4, -0.2) is 43.0 Å². The van der Waals surface area contributed by atoms with Crippen LogP contribution in [0.15, 0.2) is 29.2 Å². The molecule has 1 aliphatic rings. The van der Waals surface area contributed by atoms with E-state index in [0.29, 0.717) is 24.5 Å². The van der Waals surface area contributed by atoms with Gasteiger partial charge in [0.1, 0.15) is 4.90 Å². The van der Waals surface area contributed by atoms with Crippen LogP contribution in [0.3, 0.4) is 0 Å². The maximum atomic E-state index is 13.1. The molecule has 1 fully saturated rings. The summed E-state index contributed by atoms with van der Waals surface area (Å²) in [6.45, 7) is 5.74. The van der Waals surface area contributed by atoms with Crippen molar-refractivity contribution in [1.29, 1.82) is 0 Å². The molecule has 2 heterocycles. The molecule has 1 aliphatic heterocycles. The third-order valence-electron chi connectivity index (χ3n) is 4.35. The fourth-order valence-corrected chi connectivity index (χ4v) is 5.18. The molecule has 0 aliphatic carbocycles. The first-order chi connectivity index (χ1) is 9.94. The second-order valence-electron chi connectivity index (χ2n) is 5.66. The maximum absolute atomic E-state index is 13.1. The number of rotatable bonds is 2. The molecule has 1 N–H and O–H groups in total. The summed E-state index contributed by atoms with van der Waals surface area (Å²) in [6, 6.07) is 7.65. The van der Waals surface area contributed by atoms with Crippen LogP contribution < -0.4 is 5.32 Å². The van der Waals surface area contributed by atoms with Gasteiger partial charge in [0.25, 0.3) is 0 Å². The van der Waals surface area contributed by atoms with Gasteiger partial charge in [-0.3, -0.25) is 0 Å². The molecule has 0 spiro atoms. The fourth-order valence-electron chi connectivity index (χ4n) is 3.11. The lowest BCUT2D eigenvalue weighted by molar-refractivity contribution is 0.284. The van der Waals surface area contributed by atoms with Crippen LogP contribution in [0.1, 0.15) is 12.6 Å². The number of hydrogen-bond acceptors (Lipinski definition) is 3. The van der Waals surface area contributed by atoms with Crippen molar-refractivity contribution < 1.29 is 8.42 Å². The van der Waals surface area contributed by atoms with E-state index in [-0.39, 0.29) is 18.4 Å². The average molecular weight is 344 g/mol. The Balaban J connectivity index is 0.00000176. The van der Waals surface area contributed by atoms with Crippen molar-refractivity contribution in [3.63, 3.8) is 0 Å². The second-order valence-corrected chi connectivity index (χ2v) is 7.49. The predicted octanol–water partition coefficient (Wildman–Crippen LogP) is 1.89. The fraction of sp³-hybridized carbons (Fsp3) is 0.467. The lowest BCUT2D eigenvalue weighted by Crippen LogP contribution is -2.52. The lowest BCUT2D eigenvalue weighted by atomic mass is 10.2. The van der Waals surface area contributed by atoms with E-state index in [1.807, 2.05) is 49.7 Å². The van der Waals surface area contributed by atoms with E-state index in [0.717, 1.165) is 16.6 Å². The number of halogens is 1. The van der Waals surface area contributed by atoms with E-state index >= 15 is 0 Å². The highest BCUT2D eigenvalue weighted by Gasteiger charge is 2.34. The summed E-state index contributed by atoms with van der Waals surface area (Å²) in [7, 11) is -1.56. The van der Waals surface area contributed by atoms with Gasteiger partial charge in [0.15, 0.2) is 0 Å². The van der Waals surface area contributed by atoms with E-state index in [1.165, 1.54) is 0 Å². The minimum absolute atomic E-state index is 0. The van der Waals surface area contributed by atoms with Crippen LogP contribution in [0, 0.1) is 6.92 Å². The molecule has 0 bridgehead atoms. The number of fused-ring (bicyclic) bond motifs is 1. The first-order valence-electron chi connectivity index (χ1n) is 7.21. The van der Waals surface area contributed by atoms with Gasteiger partial charge in [-0.2, -0.15) is 4.31 Å². The molecule has 1 atom stereocenters. The van der Waals surface area contributed by atoms with Crippen LogP contribution in [0.4, 0.5) is 0 Å². The Hall–Kier alpha value is -1.08. The Labute approximate surface area is 137 Å². The summed E-state index contributed by atoms with van der Waals surface area (Å²) >= 11 is 0. The van der Waals surface area contributed by atoms with Crippen LogP contribution in [-0.2, 0) is 17.1 Å². The molecule has 1 saturated heterocycles. The molecule has 0 saturated carbocycles. The Morgan fingerprint density at radius 3 is 2.64 bits per heavy atom. The van der Waals surface area contributed by atoms with Gasteiger partial charge in [0.05, 0.1) is 0 Å². The summed E-state index contributed by atoms with van der Waals surface area (Å²) in [4.78, 5) is 0.453. The SMILES string of the molecule is Cc1c(S(=O)(=O)N2CCNCC2C)c2ccccc2n1C.Cl. The molecule has 1 unspecified atom stereocenters. The molecule has 1 aromatic carbocycles. The topological polar surface area (TPSA) is 54.3 Å². The third-order valence-corrected chi connectivity index (χ3v) is 6.54. The van der Waals surface area contributed by atoms with Gasteiger partial charge in [-0.05, 0) is 19.9 Å². The monoisotopic (exact) mass is 343 g/mol. The van der Waals surface area contributed by atoms with Gasteiger partial charge in [0.2, 0.25) is 10.0 Å². The van der Waals surface area contributed by atoms with Gasteiger partial charge in [-0.25, -0.2) is 8.42 Å². The number of hydrogen-bond donors (Lipinski definition) is 1. The van der Waals surface area contributed by atoms with Gasteiger partial charge in [-0.15, -0.1) is 12.4 Å². The molecule has 0 amide bonds. The van der Waals surface area contributed by atoms with Crippen molar-refractivity contribution in [2.45, 2.75) is 24.8 Å². The van der Waals surface area contributed by atoms with Crippen LogP contribution in [0.25, 0.3) is 10.9 Å². The number of benzene rings is 1. The molecule has 22 heavy (non-hydrogen) atoms. The number of aryl methyl sites for hydroxylation is 1. The number of sulfonamides is 1. The summed E-state index contributed by atoms with van der Waals surface area (Å²) in [5, 5.41) is 4.04. The molecular formula is C15H22ClN3O2S. The van der Waals surface area contributed by atoms with E-state index in [9.17, 15) is 8.42 Å². The summed E-state index contributed by atoms with van der Waals surface area (Å²) in [5.74, 6) is 0. The highest BCUT2D eigenvalue weighted by atomic mass is 35.5. The predicted molar refractivity (Wildman–Crippen MR) is 91.1 cm³/mol. The minimum Gasteiger partial charge on any atom is -0.347 e. The minimum atomic E-state index is -3.48. The molecular weight excluding hydrogens is 322 g/mol. The van der Waals surface area contributed by atoms with E-state index in [4.69, 9.17) is 0 Å². The largest absolute Gasteiger partial charge is 0.347 e. The zero-order chi connectivity index (χ0) is 15.2. The molecule has 5 nitrogen and oxygen atoms in total. The van der Waals surface area contributed by atoms with Gasteiger partial charge < -0.3 is 9.88 Å². The summed E-state index contributed by atoms with van der Waals surface area (Å²) in [5.41, 5.74) is 1.75. The van der Waals surface area contributed by atoms with E-state index < -0.39 is 10.0 Å².